The first-order valence-corrected chi connectivity index (χ1v) is 7.09. The molecule has 1 aromatic carbocycles. The van der Waals surface area contributed by atoms with Gasteiger partial charge in [0.25, 0.3) is 0 Å². The van der Waals surface area contributed by atoms with E-state index in [2.05, 4.69) is 32.9 Å². The Hall–Kier alpha value is -1.27. The van der Waals surface area contributed by atoms with Gasteiger partial charge < -0.3 is 0 Å². The summed E-state index contributed by atoms with van der Waals surface area (Å²) in [7, 11) is 0. The van der Waals surface area contributed by atoms with Gasteiger partial charge in [-0.25, -0.2) is 13.9 Å². The van der Waals surface area contributed by atoms with Gasteiger partial charge in [-0.05, 0) is 40.5 Å². The molecule has 0 bridgehead atoms. The zero-order valence-corrected chi connectivity index (χ0v) is 11.9. The minimum Gasteiger partial charge on any atom is -0.217 e. The van der Waals surface area contributed by atoms with E-state index in [9.17, 15) is 4.39 Å². The van der Waals surface area contributed by atoms with E-state index in [4.69, 9.17) is 0 Å². The highest BCUT2D eigenvalue weighted by Crippen LogP contribution is 2.26. The van der Waals surface area contributed by atoms with Crippen LogP contribution in [0.5, 0.6) is 0 Å². The lowest BCUT2D eigenvalue weighted by Crippen LogP contribution is -1.84. The number of fused-ring (bicyclic) bond motifs is 1. The molecule has 0 aliphatic rings. The number of aromatic nitrogens is 3. The average molecular weight is 326 g/mol. The smallest absolute Gasteiger partial charge is 0.212 e. The van der Waals surface area contributed by atoms with Crippen molar-refractivity contribution in [3.8, 4) is 11.3 Å². The van der Waals surface area contributed by atoms with Crippen LogP contribution >= 0.6 is 27.3 Å². The van der Waals surface area contributed by atoms with Crippen LogP contribution in [-0.2, 0) is 6.42 Å². The molecule has 2 aromatic heterocycles. The van der Waals surface area contributed by atoms with E-state index >= 15 is 0 Å². The largest absolute Gasteiger partial charge is 0.217 e. The molecule has 92 valence electrons. The Labute approximate surface area is 115 Å². The maximum atomic E-state index is 13.2. The van der Waals surface area contributed by atoms with Crippen molar-refractivity contribution in [3.63, 3.8) is 0 Å². The van der Waals surface area contributed by atoms with E-state index < -0.39 is 0 Å². The third-order valence-electron chi connectivity index (χ3n) is 2.60. The molecule has 18 heavy (non-hydrogen) atoms. The summed E-state index contributed by atoms with van der Waals surface area (Å²) >= 11 is 4.75. The number of imidazole rings is 1. The van der Waals surface area contributed by atoms with Crippen LogP contribution in [0.3, 0.4) is 0 Å². The summed E-state index contributed by atoms with van der Waals surface area (Å²) in [6.45, 7) is 2.07. The van der Waals surface area contributed by atoms with Crippen molar-refractivity contribution >= 4 is 32.2 Å². The van der Waals surface area contributed by atoms with Gasteiger partial charge in [0.2, 0.25) is 4.96 Å². The molecule has 0 saturated heterocycles. The predicted molar refractivity (Wildman–Crippen MR) is 73.3 cm³/mol. The number of hydrogen-bond acceptors (Lipinski definition) is 3. The van der Waals surface area contributed by atoms with Gasteiger partial charge in [-0.1, -0.05) is 18.3 Å². The van der Waals surface area contributed by atoms with Gasteiger partial charge in [0.15, 0.2) is 0 Å². The highest BCUT2D eigenvalue weighted by molar-refractivity contribution is 9.10. The molecule has 6 heteroatoms. The minimum absolute atomic E-state index is 0.272. The average Bonchev–Trinajstić information content (AvgIpc) is 2.90. The van der Waals surface area contributed by atoms with Gasteiger partial charge >= 0.3 is 0 Å². The summed E-state index contributed by atoms with van der Waals surface area (Å²) in [5, 5.41) is 5.46. The summed E-state index contributed by atoms with van der Waals surface area (Å²) < 4.78 is 15.4. The number of nitrogens with zero attached hydrogens (tertiary/aromatic N) is 3. The number of aryl methyl sites for hydroxylation is 1. The van der Waals surface area contributed by atoms with Crippen molar-refractivity contribution in [1.29, 1.82) is 0 Å². The van der Waals surface area contributed by atoms with Crippen LogP contribution in [0.1, 0.15) is 11.9 Å². The molecule has 0 spiro atoms. The molecule has 0 aliphatic carbocycles. The second-order valence-electron chi connectivity index (χ2n) is 3.83. The summed E-state index contributed by atoms with van der Waals surface area (Å²) in [4.78, 5) is 5.36. The number of rotatable bonds is 2. The van der Waals surface area contributed by atoms with Gasteiger partial charge in [0.1, 0.15) is 10.8 Å². The van der Waals surface area contributed by atoms with Crippen LogP contribution in [0.25, 0.3) is 16.2 Å². The van der Waals surface area contributed by atoms with Crippen LogP contribution < -0.4 is 0 Å². The number of benzene rings is 1. The Kier molecular flexibility index (Phi) is 2.91. The lowest BCUT2D eigenvalue weighted by molar-refractivity contribution is 0.621. The van der Waals surface area contributed by atoms with E-state index in [1.165, 1.54) is 6.07 Å². The van der Waals surface area contributed by atoms with E-state index in [-0.39, 0.29) is 5.82 Å². The van der Waals surface area contributed by atoms with Gasteiger partial charge in [0.05, 0.1) is 16.4 Å². The maximum Gasteiger partial charge on any atom is 0.212 e. The maximum absolute atomic E-state index is 13.2. The third-order valence-corrected chi connectivity index (χ3v) is 4.28. The highest BCUT2D eigenvalue weighted by atomic mass is 79.9. The molecular weight excluding hydrogens is 317 g/mol. The molecular formula is C12H9BrFN3S. The van der Waals surface area contributed by atoms with Gasteiger partial charge in [-0.15, -0.1) is 0 Å². The SMILES string of the molecule is CCc1nn2cc(-c3ccc(F)c(Br)c3)nc2s1. The number of hydrogen-bond donors (Lipinski definition) is 0. The Morgan fingerprint density at radius 3 is 2.94 bits per heavy atom. The summed E-state index contributed by atoms with van der Waals surface area (Å²) in [5.41, 5.74) is 1.68. The minimum atomic E-state index is -0.272. The molecule has 0 fully saturated rings. The highest BCUT2D eigenvalue weighted by Gasteiger charge is 2.10. The predicted octanol–water partition coefficient (Wildman–Crippen LogP) is 3.92. The lowest BCUT2D eigenvalue weighted by atomic mass is 10.2. The summed E-state index contributed by atoms with van der Waals surface area (Å²) in [6, 6.07) is 4.87. The topological polar surface area (TPSA) is 30.2 Å². The lowest BCUT2D eigenvalue weighted by Gasteiger charge is -1.98. The molecule has 0 aliphatic heterocycles. The number of halogens is 2. The summed E-state index contributed by atoms with van der Waals surface area (Å²) in [6.07, 6.45) is 2.77. The zero-order chi connectivity index (χ0) is 12.7. The normalized spacial score (nSPS) is 11.3. The first kappa shape index (κ1) is 11.8. The first-order chi connectivity index (χ1) is 8.67. The van der Waals surface area contributed by atoms with Crippen molar-refractivity contribution in [1.82, 2.24) is 14.6 Å². The Bertz CT molecular complexity index is 688. The zero-order valence-electron chi connectivity index (χ0n) is 9.52. The van der Waals surface area contributed by atoms with E-state index in [0.717, 1.165) is 27.6 Å². The van der Waals surface area contributed by atoms with Gasteiger partial charge in [-0.2, -0.15) is 5.10 Å². The second kappa shape index (κ2) is 4.44. The van der Waals surface area contributed by atoms with E-state index in [1.807, 2.05) is 6.20 Å². The molecule has 0 atom stereocenters. The van der Waals surface area contributed by atoms with Gasteiger partial charge in [0, 0.05) is 5.56 Å². The molecule has 0 saturated carbocycles. The Morgan fingerprint density at radius 1 is 1.44 bits per heavy atom. The van der Waals surface area contributed by atoms with Crippen molar-refractivity contribution in [2.75, 3.05) is 0 Å². The molecule has 0 amide bonds. The fourth-order valence-electron chi connectivity index (χ4n) is 1.68. The molecule has 0 radical (unpaired) electrons. The molecule has 3 aromatic rings. The molecule has 0 N–H and O–H groups in total. The fraction of sp³-hybridized carbons (Fsp3) is 0.167. The standard InChI is InChI=1S/C12H9BrFN3S/c1-2-11-16-17-6-10(15-12(17)18-11)7-3-4-9(14)8(13)5-7/h3-6H,2H2,1H3. The second-order valence-corrected chi connectivity index (χ2v) is 5.73. The summed E-state index contributed by atoms with van der Waals surface area (Å²) in [5.74, 6) is -0.272. The Morgan fingerprint density at radius 2 is 2.28 bits per heavy atom. The van der Waals surface area contributed by atoms with Crippen molar-refractivity contribution in [2.45, 2.75) is 13.3 Å². The fourth-order valence-corrected chi connectivity index (χ4v) is 2.87. The Balaban J connectivity index is 2.07. The molecule has 3 rings (SSSR count). The quantitative estimate of drug-likeness (QED) is 0.714. The van der Waals surface area contributed by atoms with Crippen molar-refractivity contribution in [2.24, 2.45) is 0 Å². The van der Waals surface area contributed by atoms with Crippen LogP contribution in [-0.4, -0.2) is 14.6 Å². The molecule has 3 nitrogen and oxygen atoms in total. The molecule has 0 unspecified atom stereocenters. The van der Waals surface area contributed by atoms with Crippen molar-refractivity contribution in [3.05, 3.63) is 39.7 Å². The monoisotopic (exact) mass is 325 g/mol. The van der Waals surface area contributed by atoms with Crippen LogP contribution in [0.4, 0.5) is 4.39 Å². The van der Waals surface area contributed by atoms with Crippen LogP contribution in [0.2, 0.25) is 0 Å². The third kappa shape index (κ3) is 1.95. The van der Waals surface area contributed by atoms with Crippen LogP contribution in [0, 0.1) is 5.82 Å². The van der Waals surface area contributed by atoms with Crippen LogP contribution in [0.15, 0.2) is 28.9 Å². The van der Waals surface area contributed by atoms with Gasteiger partial charge in [-0.3, -0.25) is 0 Å². The van der Waals surface area contributed by atoms with Crippen molar-refractivity contribution < 1.29 is 4.39 Å². The van der Waals surface area contributed by atoms with E-state index in [0.29, 0.717) is 4.47 Å². The first-order valence-electron chi connectivity index (χ1n) is 5.48. The van der Waals surface area contributed by atoms with E-state index in [1.54, 1.807) is 28.0 Å². The molecule has 2 heterocycles.